The van der Waals surface area contributed by atoms with Crippen molar-refractivity contribution in [2.24, 2.45) is 16.9 Å². The van der Waals surface area contributed by atoms with Crippen LogP contribution in [0.4, 0.5) is 0 Å². The van der Waals surface area contributed by atoms with E-state index < -0.39 is 0 Å². The predicted molar refractivity (Wildman–Crippen MR) is 42.6 cm³/mol. The van der Waals surface area contributed by atoms with Gasteiger partial charge in [0, 0.05) is 6.54 Å². The lowest BCUT2D eigenvalue weighted by Gasteiger charge is -2.18. The van der Waals surface area contributed by atoms with Crippen LogP contribution in [0.3, 0.4) is 0 Å². The second-order valence-electron chi connectivity index (χ2n) is 2.84. The van der Waals surface area contributed by atoms with Gasteiger partial charge in [0.05, 0.1) is 0 Å². The lowest BCUT2D eigenvalue weighted by Crippen LogP contribution is -2.48. The van der Waals surface area contributed by atoms with Crippen molar-refractivity contribution in [2.45, 2.75) is 13.8 Å². The van der Waals surface area contributed by atoms with Crippen molar-refractivity contribution in [3.63, 3.8) is 0 Å². The summed E-state index contributed by atoms with van der Waals surface area (Å²) >= 11 is 0. The molecule has 0 amide bonds. The van der Waals surface area contributed by atoms with Crippen molar-refractivity contribution in [3.8, 4) is 0 Å². The van der Waals surface area contributed by atoms with Gasteiger partial charge in [0.1, 0.15) is 0 Å². The quantitative estimate of drug-likeness (QED) is 0.297. The Morgan fingerprint density at radius 2 is 2.36 bits per heavy atom. The van der Waals surface area contributed by atoms with E-state index in [1.165, 1.54) is 0 Å². The van der Waals surface area contributed by atoms with Crippen LogP contribution in [0.5, 0.6) is 0 Å². The van der Waals surface area contributed by atoms with Gasteiger partial charge in [-0.05, 0) is 5.92 Å². The molecule has 0 bridgehead atoms. The molecule has 1 rings (SSSR count). The van der Waals surface area contributed by atoms with Crippen molar-refractivity contribution in [1.82, 2.24) is 21.5 Å². The van der Waals surface area contributed by atoms with Crippen LogP contribution < -0.4 is 22.3 Å². The zero-order chi connectivity index (χ0) is 8.27. The number of hydrazine groups is 3. The molecule has 0 saturated carbocycles. The highest BCUT2D eigenvalue weighted by Gasteiger charge is 2.11. The summed E-state index contributed by atoms with van der Waals surface area (Å²) in [5, 5.41) is 5.39. The van der Waals surface area contributed by atoms with Crippen LogP contribution in [0.15, 0.2) is 5.10 Å². The summed E-state index contributed by atoms with van der Waals surface area (Å²) in [6.45, 7) is 4.96. The molecule has 0 unspecified atom stereocenters. The Morgan fingerprint density at radius 1 is 1.64 bits per heavy atom. The number of hydrogen-bond acceptors (Lipinski definition) is 6. The first-order chi connectivity index (χ1) is 5.20. The molecular formula is C5H14N6. The number of hydrazone groups is 1. The molecule has 1 aliphatic rings. The van der Waals surface area contributed by atoms with Crippen molar-refractivity contribution in [1.29, 1.82) is 0 Å². The minimum Gasteiger partial charge on any atom is -0.278 e. The normalized spacial score (nSPS) is 15.8. The molecule has 0 aliphatic carbocycles. The summed E-state index contributed by atoms with van der Waals surface area (Å²) in [5.41, 5.74) is 7.88. The van der Waals surface area contributed by atoms with Gasteiger partial charge < -0.3 is 0 Å². The third kappa shape index (κ3) is 2.24. The van der Waals surface area contributed by atoms with Gasteiger partial charge in [-0.2, -0.15) is 0 Å². The molecule has 6 nitrogen and oxygen atoms in total. The first kappa shape index (κ1) is 8.09. The second-order valence-corrected chi connectivity index (χ2v) is 2.84. The SMILES string of the molecule is CC(C)CN(N)C1=NNNN1. The standard InChI is InChI=1S/C5H14N6/c1-4(2)3-11(6)5-7-9-10-8-5/h4,9-10H,3,6H2,1-2H3,(H,7,8). The molecular weight excluding hydrogens is 144 g/mol. The lowest BCUT2D eigenvalue weighted by molar-refractivity contribution is 0.367. The highest BCUT2D eigenvalue weighted by molar-refractivity contribution is 5.79. The second kappa shape index (κ2) is 3.40. The molecule has 5 N–H and O–H groups in total. The van der Waals surface area contributed by atoms with Crippen LogP contribution in [0.1, 0.15) is 13.8 Å². The van der Waals surface area contributed by atoms with Crippen LogP contribution in [0, 0.1) is 5.92 Å². The monoisotopic (exact) mass is 158 g/mol. The van der Waals surface area contributed by atoms with Gasteiger partial charge in [-0.1, -0.05) is 13.8 Å². The van der Waals surface area contributed by atoms with Gasteiger partial charge >= 0.3 is 0 Å². The van der Waals surface area contributed by atoms with Gasteiger partial charge in [-0.15, -0.1) is 10.6 Å². The highest BCUT2D eigenvalue weighted by atomic mass is 15.8. The zero-order valence-corrected chi connectivity index (χ0v) is 6.76. The van der Waals surface area contributed by atoms with Gasteiger partial charge in [0.15, 0.2) is 0 Å². The Bertz CT molecular complexity index is 153. The third-order valence-corrected chi connectivity index (χ3v) is 1.23. The van der Waals surface area contributed by atoms with E-state index in [1.807, 2.05) is 0 Å². The number of guanidine groups is 1. The van der Waals surface area contributed by atoms with Crippen molar-refractivity contribution in [2.75, 3.05) is 6.54 Å². The van der Waals surface area contributed by atoms with E-state index in [9.17, 15) is 0 Å². The number of hydrogen-bond donors (Lipinski definition) is 4. The fourth-order valence-corrected chi connectivity index (χ4v) is 0.809. The Hall–Kier alpha value is -1.01. The number of nitrogens with one attached hydrogen (secondary N) is 3. The number of nitrogens with zero attached hydrogens (tertiary/aromatic N) is 2. The molecule has 0 spiro atoms. The molecule has 0 aromatic heterocycles. The topological polar surface area (TPSA) is 77.7 Å². The minimum absolute atomic E-state index is 0.519. The van der Waals surface area contributed by atoms with Gasteiger partial charge in [0.2, 0.25) is 5.96 Å². The molecule has 0 atom stereocenters. The average Bonchev–Trinajstić information content (AvgIpc) is 2.35. The molecule has 64 valence electrons. The maximum atomic E-state index is 5.64. The first-order valence-corrected chi connectivity index (χ1v) is 3.56. The van der Waals surface area contributed by atoms with Gasteiger partial charge in [-0.3, -0.25) is 10.4 Å². The van der Waals surface area contributed by atoms with E-state index in [1.54, 1.807) is 5.01 Å². The van der Waals surface area contributed by atoms with E-state index in [4.69, 9.17) is 5.84 Å². The van der Waals surface area contributed by atoms with E-state index in [2.05, 4.69) is 35.4 Å². The van der Waals surface area contributed by atoms with E-state index in [0.717, 1.165) is 6.54 Å². The number of nitrogens with two attached hydrogens (primary N) is 1. The Balaban J connectivity index is 2.34. The van der Waals surface area contributed by atoms with Crippen LogP contribution in [-0.2, 0) is 0 Å². The summed E-state index contributed by atoms with van der Waals surface area (Å²) in [4.78, 5) is 0. The Kier molecular flexibility index (Phi) is 2.50. The number of rotatable bonds is 2. The predicted octanol–water partition coefficient (Wildman–Crippen LogP) is -1.30. The van der Waals surface area contributed by atoms with E-state index >= 15 is 0 Å². The Labute approximate surface area is 65.7 Å². The molecule has 1 aliphatic heterocycles. The summed E-state index contributed by atoms with van der Waals surface area (Å²) in [7, 11) is 0. The maximum Gasteiger partial charge on any atom is 0.247 e. The van der Waals surface area contributed by atoms with Crippen molar-refractivity contribution >= 4 is 5.96 Å². The molecule has 0 aromatic carbocycles. The zero-order valence-electron chi connectivity index (χ0n) is 6.76. The fraction of sp³-hybridized carbons (Fsp3) is 0.800. The molecule has 0 fully saturated rings. The van der Waals surface area contributed by atoms with Crippen molar-refractivity contribution in [3.05, 3.63) is 0 Å². The highest BCUT2D eigenvalue weighted by Crippen LogP contribution is 1.93. The van der Waals surface area contributed by atoms with Crippen LogP contribution in [0.25, 0.3) is 0 Å². The molecule has 1 heterocycles. The summed E-state index contributed by atoms with van der Waals surface area (Å²) in [6.07, 6.45) is 0. The lowest BCUT2D eigenvalue weighted by atomic mass is 10.2. The molecule has 0 radical (unpaired) electrons. The van der Waals surface area contributed by atoms with Gasteiger partial charge in [0.25, 0.3) is 0 Å². The Morgan fingerprint density at radius 3 is 2.82 bits per heavy atom. The fourth-order valence-electron chi connectivity index (χ4n) is 0.809. The van der Waals surface area contributed by atoms with E-state index in [-0.39, 0.29) is 0 Å². The van der Waals surface area contributed by atoms with Crippen LogP contribution >= 0.6 is 0 Å². The maximum absolute atomic E-state index is 5.64. The summed E-state index contributed by atoms with van der Waals surface area (Å²) < 4.78 is 0. The largest absolute Gasteiger partial charge is 0.278 e. The summed E-state index contributed by atoms with van der Waals surface area (Å²) in [6, 6.07) is 0. The first-order valence-electron chi connectivity index (χ1n) is 3.56. The third-order valence-electron chi connectivity index (χ3n) is 1.23. The smallest absolute Gasteiger partial charge is 0.247 e. The molecule has 6 heteroatoms. The van der Waals surface area contributed by atoms with Gasteiger partial charge in [-0.25, -0.2) is 11.4 Å². The molecule has 11 heavy (non-hydrogen) atoms. The van der Waals surface area contributed by atoms with E-state index in [0.29, 0.717) is 11.9 Å². The summed E-state index contributed by atoms with van der Waals surface area (Å²) in [5.74, 6) is 6.77. The minimum atomic E-state index is 0.519. The van der Waals surface area contributed by atoms with Crippen LogP contribution in [0.2, 0.25) is 0 Å². The average molecular weight is 158 g/mol. The molecule has 0 saturated heterocycles. The van der Waals surface area contributed by atoms with Crippen LogP contribution in [-0.4, -0.2) is 17.5 Å². The van der Waals surface area contributed by atoms with Crippen molar-refractivity contribution < 1.29 is 0 Å². The molecule has 0 aromatic rings.